The van der Waals surface area contributed by atoms with Gasteiger partial charge in [0.25, 0.3) is 0 Å². The summed E-state index contributed by atoms with van der Waals surface area (Å²) < 4.78 is 0. The Balaban J connectivity index is 1.58. The number of hydrogen-bond donors (Lipinski definition) is 2. The Labute approximate surface area is 153 Å². The zero-order valence-electron chi connectivity index (χ0n) is 14.3. The Morgan fingerprint density at radius 2 is 1.80 bits per heavy atom. The molecule has 3 N–H and O–H groups in total. The van der Waals surface area contributed by atoms with Crippen LogP contribution in [-0.4, -0.2) is 11.5 Å². The smallest absolute Gasteiger partial charge is 0.126 e. The largest absolute Gasteiger partial charge is 0.383 e. The summed E-state index contributed by atoms with van der Waals surface area (Å²) in [4.78, 5) is 4.25. The van der Waals surface area contributed by atoms with Crippen LogP contribution in [0.1, 0.15) is 16.7 Å². The molecule has 0 spiro atoms. The molecule has 0 atom stereocenters. The van der Waals surface area contributed by atoms with Gasteiger partial charge in [0.2, 0.25) is 0 Å². The molecule has 25 heavy (non-hydrogen) atoms. The van der Waals surface area contributed by atoms with E-state index >= 15 is 0 Å². The van der Waals surface area contributed by atoms with Crippen LogP contribution in [0.15, 0.2) is 60.8 Å². The molecule has 0 aliphatic carbocycles. The van der Waals surface area contributed by atoms with Crippen LogP contribution < -0.4 is 11.1 Å². The Hall–Kier alpha value is -2.36. The number of rotatable bonds is 6. The van der Waals surface area contributed by atoms with Crippen molar-refractivity contribution >= 4 is 17.4 Å². The lowest BCUT2D eigenvalue weighted by Gasteiger charge is -2.09. The van der Waals surface area contributed by atoms with Crippen molar-refractivity contribution in [3.8, 4) is 11.1 Å². The first-order valence-electron chi connectivity index (χ1n) is 8.38. The van der Waals surface area contributed by atoms with Gasteiger partial charge < -0.3 is 11.1 Å². The van der Waals surface area contributed by atoms with Gasteiger partial charge >= 0.3 is 0 Å². The van der Waals surface area contributed by atoms with E-state index in [0.717, 1.165) is 41.2 Å². The van der Waals surface area contributed by atoms with Crippen molar-refractivity contribution in [1.82, 2.24) is 10.3 Å². The van der Waals surface area contributed by atoms with Gasteiger partial charge in [-0.1, -0.05) is 41.9 Å². The molecule has 3 aromatic rings. The number of benzene rings is 2. The standard InChI is InChI=1S/C21H22ClN3/c1-15-11-19(14-25-21(15)23)18-4-2-3-17(12-18)13-24-10-9-16-5-7-20(22)8-6-16/h2-8,11-12,14,24H,9-10,13H2,1H3,(H2,23,25). The van der Waals surface area contributed by atoms with Crippen LogP contribution >= 0.6 is 11.6 Å². The molecular weight excluding hydrogens is 330 g/mol. The molecule has 3 nitrogen and oxygen atoms in total. The maximum atomic E-state index is 5.91. The highest BCUT2D eigenvalue weighted by molar-refractivity contribution is 6.30. The van der Waals surface area contributed by atoms with Crippen LogP contribution in [0.5, 0.6) is 0 Å². The molecule has 1 heterocycles. The highest BCUT2D eigenvalue weighted by Gasteiger charge is 2.03. The second-order valence-corrected chi connectivity index (χ2v) is 6.62. The molecule has 4 heteroatoms. The first-order valence-corrected chi connectivity index (χ1v) is 8.76. The molecule has 0 radical (unpaired) electrons. The number of nitrogens with zero attached hydrogens (tertiary/aromatic N) is 1. The van der Waals surface area contributed by atoms with Gasteiger partial charge in [-0.3, -0.25) is 0 Å². The van der Waals surface area contributed by atoms with E-state index in [-0.39, 0.29) is 0 Å². The molecule has 0 amide bonds. The summed E-state index contributed by atoms with van der Waals surface area (Å²) in [5.74, 6) is 0.587. The molecule has 0 fully saturated rings. The third-order valence-electron chi connectivity index (χ3n) is 4.21. The van der Waals surface area contributed by atoms with E-state index in [2.05, 4.69) is 52.8 Å². The van der Waals surface area contributed by atoms with Crippen molar-refractivity contribution in [3.63, 3.8) is 0 Å². The lowest BCUT2D eigenvalue weighted by atomic mass is 10.0. The van der Waals surface area contributed by atoms with Crippen molar-refractivity contribution < 1.29 is 0 Å². The predicted octanol–water partition coefficient (Wildman–Crippen LogP) is 4.62. The van der Waals surface area contributed by atoms with Gasteiger partial charge in [0.15, 0.2) is 0 Å². The fourth-order valence-corrected chi connectivity index (χ4v) is 2.85. The minimum absolute atomic E-state index is 0.587. The second-order valence-electron chi connectivity index (χ2n) is 6.18. The second kappa shape index (κ2) is 8.15. The van der Waals surface area contributed by atoms with Crippen LogP contribution in [0.2, 0.25) is 5.02 Å². The summed E-state index contributed by atoms with van der Waals surface area (Å²) in [7, 11) is 0. The number of aryl methyl sites for hydroxylation is 1. The maximum absolute atomic E-state index is 5.91. The molecule has 0 saturated heterocycles. The average molecular weight is 352 g/mol. The lowest BCUT2D eigenvalue weighted by molar-refractivity contribution is 0.687. The number of halogens is 1. The summed E-state index contributed by atoms with van der Waals surface area (Å²) in [6, 6.07) is 18.6. The number of nitrogen functional groups attached to an aromatic ring is 1. The quantitative estimate of drug-likeness (QED) is 0.637. The topological polar surface area (TPSA) is 50.9 Å². The minimum atomic E-state index is 0.587. The fourth-order valence-electron chi connectivity index (χ4n) is 2.72. The van der Waals surface area contributed by atoms with E-state index in [1.807, 2.05) is 25.3 Å². The van der Waals surface area contributed by atoms with E-state index in [1.165, 1.54) is 11.1 Å². The van der Waals surface area contributed by atoms with Crippen molar-refractivity contribution in [1.29, 1.82) is 0 Å². The number of anilines is 1. The van der Waals surface area contributed by atoms with Gasteiger partial charge in [-0.25, -0.2) is 4.98 Å². The van der Waals surface area contributed by atoms with E-state index in [9.17, 15) is 0 Å². The fraction of sp³-hybridized carbons (Fsp3) is 0.190. The number of nitrogens with one attached hydrogen (secondary N) is 1. The zero-order valence-corrected chi connectivity index (χ0v) is 15.1. The molecule has 0 aliphatic heterocycles. The summed E-state index contributed by atoms with van der Waals surface area (Å²) in [5.41, 5.74) is 11.6. The van der Waals surface area contributed by atoms with Crippen LogP contribution in [-0.2, 0) is 13.0 Å². The van der Waals surface area contributed by atoms with Crippen LogP contribution in [0, 0.1) is 6.92 Å². The molecule has 0 saturated carbocycles. The van der Waals surface area contributed by atoms with Gasteiger partial charge in [-0.05, 0) is 66.4 Å². The van der Waals surface area contributed by atoms with Crippen molar-refractivity contribution in [2.24, 2.45) is 0 Å². The Morgan fingerprint density at radius 3 is 2.56 bits per heavy atom. The molecule has 128 valence electrons. The first-order chi connectivity index (χ1) is 12.1. The highest BCUT2D eigenvalue weighted by Crippen LogP contribution is 2.22. The molecule has 1 aromatic heterocycles. The SMILES string of the molecule is Cc1cc(-c2cccc(CNCCc3ccc(Cl)cc3)c2)cnc1N. The van der Waals surface area contributed by atoms with Crippen LogP contribution in [0.25, 0.3) is 11.1 Å². The van der Waals surface area contributed by atoms with Gasteiger partial charge in [-0.15, -0.1) is 0 Å². The highest BCUT2D eigenvalue weighted by atomic mass is 35.5. The lowest BCUT2D eigenvalue weighted by Crippen LogP contribution is -2.16. The van der Waals surface area contributed by atoms with Gasteiger partial charge in [0.1, 0.15) is 5.82 Å². The number of nitrogens with two attached hydrogens (primary N) is 1. The number of pyridine rings is 1. The van der Waals surface area contributed by atoms with Gasteiger partial charge in [0.05, 0.1) is 0 Å². The van der Waals surface area contributed by atoms with Crippen LogP contribution in [0.4, 0.5) is 5.82 Å². The molecule has 0 unspecified atom stereocenters. The normalized spacial score (nSPS) is 10.8. The summed E-state index contributed by atoms with van der Waals surface area (Å²) >= 11 is 5.91. The van der Waals surface area contributed by atoms with Crippen molar-refractivity contribution in [2.75, 3.05) is 12.3 Å². The van der Waals surface area contributed by atoms with Gasteiger partial charge in [-0.2, -0.15) is 0 Å². The molecule has 0 aliphatic rings. The monoisotopic (exact) mass is 351 g/mol. The molecule has 3 rings (SSSR count). The van der Waals surface area contributed by atoms with E-state index in [4.69, 9.17) is 17.3 Å². The Kier molecular flexibility index (Phi) is 5.69. The molecular formula is C21H22ClN3. The maximum Gasteiger partial charge on any atom is 0.126 e. The van der Waals surface area contributed by atoms with Crippen LogP contribution in [0.3, 0.4) is 0 Å². The predicted molar refractivity (Wildman–Crippen MR) is 106 cm³/mol. The van der Waals surface area contributed by atoms with Crippen molar-refractivity contribution in [3.05, 3.63) is 82.5 Å². The summed E-state index contributed by atoms with van der Waals surface area (Å²) in [6.07, 6.45) is 2.81. The average Bonchev–Trinajstić information content (AvgIpc) is 2.63. The number of aromatic nitrogens is 1. The Morgan fingerprint density at radius 1 is 1.00 bits per heavy atom. The first kappa shape index (κ1) is 17.5. The van der Waals surface area contributed by atoms with E-state index in [1.54, 1.807) is 0 Å². The Bertz CT molecular complexity index is 844. The molecule has 2 aromatic carbocycles. The van der Waals surface area contributed by atoms with E-state index in [0.29, 0.717) is 5.82 Å². The summed E-state index contributed by atoms with van der Waals surface area (Å²) in [5, 5.41) is 4.27. The zero-order chi connectivity index (χ0) is 17.6. The summed E-state index contributed by atoms with van der Waals surface area (Å²) in [6.45, 7) is 3.74. The molecule has 0 bridgehead atoms. The third kappa shape index (κ3) is 4.81. The van der Waals surface area contributed by atoms with Crippen molar-refractivity contribution in [2.45, 2.75) is 19.9 Å². The minimum Gasteiger partial charge on any atom is -0.383 e. The van der Waals surface area contributed by atoms with Gasteiger partial charge in [0, 0.05) is 23.3 Å². The number of hydrogen-bond acceptors (Lipinski definition) is 3. The third-order valence-corrected chi connectivity index (χ3v) is 4.46. The van der Waals surface area contributed by atoms with E-state index < -0.39 is 0 Å².